The van der Waals surface area contributed by atoms with E-state index in [1.54, 1.807) is 7.11 Å². The van der Waals surface area contributed by atoms with Crippen LogP contribution >= 0.6 is 15.9 Å². The van der Waals surface area contributed by atoms with Crippen molar-refractivity contribution in [2.24, 2.45) is 5.92 Å². The van der Waals surface area contributed by atoms with Gasteiger partial charge in [0.2, 0.25) is 0 Å². The molecule has 0 saturated carbocycles. The van der Waals surface area contributed by atoms with Gasteiger partial charge in [-0.1, -0.05) is 28.1 Å². The number of halogens is 1. The molecule has 84 valence electrons. The quantitative estimate of drug-likeness (QED) is 0.859. The highest BCUT2D eigenvalue weighted by Crippen LogP contribution is 2.14. The van der Waals surface area contributed by atoms with E-state index in [2.05, 4.69) is 45.5 Å². The van der Waals surface area contributed by atoms with Gasteiger partial charge in [-0.2, -0.15) is 0 Å². The van der Waals surface area contributed by atoms with E-state index in [1.165, 1.54) is 5.56 Å². The Bertz CT molecular complexity index is 267. The Kier molecular flexibility index (Phi) is 5.91. The predicted octanol–water partition coefficient (Wildman–Crippen LogP) is 2.47. The molecule has 1 rings (SSSR count). The fraction of sp³-hybridized carbons (Fsp3) is 0.500. The molecule has 2 nitrogen and oxygen atoms in total. The zero-order chi connectivity index (χ0) is 11.1. The van der Waals surface area contributed by atoms with Crippen LogP contribution in [-0.4, -0.2) is 27.3 Å². The summed E-state index contributed by atoms with van der Waals surface area (Å²) < 4.78 is 6.33. The van der Waals surface area contributed by atoms with Crippen LogP contribution in [0.15, 0.2) is 28.7 Å². The summed E-state index contributed by atoms with van der Waals surface area (Å²) in [5.41, 5.74) is 1.36. The molecule has 0 heterocycles. The molecule has 0 aromatic heterocycles. The number of benzene rings is 1. The van der Waals surface area contributed by atoms with Crippen LogP contribution in [0.3, 0.4) is 0 Å². The van der Waals surface area contributed by atoms with E-state index in [0.29, 0.717) is 5.92 Å². The first-order chi connectivity index (χ1) is 7.26. The van der Waals surface area contributed by atoms with Crippen molar-refractivity contribution in [1.29, 1.82) is 0 Å². The molecular formula is C12H18BrNO. The first kappa shape index (κ1) is 12.7. The van der Waals surface area contributed by atoms with Crippen LogP contribution in [-0.2, 0) is 11.2 Å². The predicted molar refractivity (Wildman–Crippen MR) is 67.1 cm³/mol. The maximum Gasteiger partial charge on any atom is 0.0505 e. The molecule has 0 amide bonds. The zero-order valence-corrected chi connectivity index (χ0v) is 10.9. The van der Waals surface area contributed by atoms with Gasteiger partial charge < -0.3 is 10.1 Å². The Hall–Kier alpha value is -0.380. The van der Waals surface area contributed by atoms with Crippen LogP contribution in [0.25, 0.3) is 0 Å². The van der Waals surface area contributed by atoms with Gasteiger partial charge in [-0.05, 0) is 37.1 Å². The maximum atomic E-state index is 5.20. The van der Waals surface area contributed by atoms with E-state index in [4.69, 9.17) is 4.74 Å². The minimum absolute atomic E-state index is 0.543. The van der Waals surface area contributed by atoms with Crippen molar-refractivity contribution < 1.29 is 4.74 Å². The van der Waals surface area contributed by atoms with Crippen molar-refractivity contribution in [3.8, 4) is 0 Å². The monoisotopic (exact) mass is 271 g/mol. The molecule has 0 spiro atoms. The summed E-state index contributed by atoms with van der Waals surface area (Å²) in [7, 11) is 3.73. The van der Waals surface area contributed by atoms with Crippen LogP contribution in [0.1, 0.15) is 5.56 Å². The molecule has 1 atom stereocenters. The molecule has 0 aliphatic rings. The first-order valence-corrected chi connectivity index (χ1v) is 5.93. The molecule has 0 radical (unpaired) electrons. The lowest BCUT2D eigenvalue weighted by atomic mass is 10.0. The molecule has 0 aliphatic carbocycles. The van der Waals surface area contributed by atoms with Gasteiger partial charge in [-0.3, -0.25) is 0 Å². The molecule has 0 saturated heterocycles. The third-order valence-corrected chi connectivity index (χ3v) is 2.86. The minimum Gasteiger partial charge on any atom is -0.384 e. The number of methoxy groups -OCH3 is 1. The Balaban J connectivity index is 2.53. The molecule has 0 bridgehead atoms. The van der Waals surface area contributed by atoms with Gasteiger partial charge in [0.1, 0.15) is 0 Å². The van der Waals surface area contributed by atoms with E-state index >= 15 is 0 Å². The van der Waals surface area contributed by atoms with Gasteiger partial charge in [0, 0.05) is 18.1 Å². The van der Waals surface area contributed by atoms with Crippen molar-refractivity contribution >= 4 is 15.9 Å². The highest BCUT2D eigenvalue weighted by atomic mass is 79.9. The van der Waals surface area contributed by atoms with E-state index in [1.807, 2.05) is 7.05 Å². The van der Waals surface area contributed by atoms with Gasteiger partial charge in [0.25, 0.3) is 0 Å². The average molecular weight is 272 g/mol. The smallest absolute Gasteiger partial charge is 0.0505 e. The van der Waals surface area contributed by atoms with Crippen molar-refractivity contribution in [3.05, 3.63) is 34.3 Å². The van der Waals surface area contributed by atoms with Crippen LogP contribution in [0.2, 0.25) is 0 Å². The lowest BCUT2D eigenvalue weighted by Crippen LogP contribution is -2.24. The lowest BCUT2D eigenvalue weighted by molar-refractivity contribution is 0.152. The summed E-state index contributed by atoms with van der Waals surface area (Å²) in [6, 6.07) is 8.47. The number of hydrogen-bond donors (Lipinski definition) is 1. The average Bonchev–Trinajstić information content (AvgIpc) is 2.22. The van der Waals surface area contributed by atoms with Crippen molar-refractivity contribution in [2.75, 3.05) is 27.3 Å². The first-order valence-electron chi connectivity index (χ1n) is 5.14. The lowest BCUT2D eigenvalue weighted by Gasteiger charge is -2.15. The fourth-order valence-corrected chi connectivity index (χ4v) is 1.93. The second-order valence-corrected chi connectivity index (χ2v) is 4.63. The van der Waals surface area contributed by atoms with Gasteiger partial charge in [-0.25, -0.2) is 0 Å². The van der Waals surface area contributed by atoms with Crippen LogP contribution in [0.5, 0.6) is 0 Å². The Morgan fingerprint density at radius 2 is 2.00 bits per heavy atom. The van der Waals surface area contributed by atoms with Crippen molar-refractivity contribution in [1.82, 2.24) is 5.32 Å². The Morgan fingerprint density at radius 1 is 1.33 bits per heavy atom. The van der Waals surface area contributed by atoms with E-state index in [9.17, 15) is 0 Å². The van der Waals surface area contributed by atoms with E-state index in [-0.39, 0.29) is 0 Å². The van der Waals surface area contributed by atoms with Gasteiger partial charge in [0.15, 0.2) is 0 Å². The molecule has 3 heteroatoms. The summed E-state index contributed by atoms with van der Waals surface area (Å²) in [5.74, 6) is 0.543. The molecule has 15 heavy (non-hydrogen) atoms. The molecule has 1 aromatic carbocycles. The van der Waals surface area contributed by atoms with Crippen LogP contribution in [0.4, 0.5) is 0 Å². The van der Waals surface area contributed by atoms with E-state index in [0.717, 1.165) is 24.0 Å². The summed E-state index contributed by atoms with van der Waals surface area (Å²) in [6.45, 7) is 1.79. The summed E-state index contributed by atoms with van der Waals surface area (Å²) in [6.07, 6.45) is 1.06. The molecule has 1 aromatic rings. The fourth-order valence-electron chi connectivity index (χ4n) is 1.67. The number of ether oxygens (including phenoxy) is 1. The summed E-state index contributed by atoms with van der Waals surface area (Å²) >= 11 is 3.44. The highest BCUT2D eigenvalue weighted by molar-refractivity contribution is 9.10. The maximum absolute atomic E-state index is 5.20. The second kappa shape index (κ2) is 6.99. The van der Waals surface area contributed by atoms with Gasteiger partial charge in [-0.15, -0.1) is 0 Å². The van der Waals surface area contributed by atoms with Crippen molar-refractivity contribution in [2.45, 2.75) is 6.42 Å². The number of rotatable bonds is 6. The molecular weight excluding hydrogens is 254 g/mol. The Labute approximate surface area is 100 Å². The normalized spacial score (nSPS) is 12.7. The summed E-state index contributed by atoms with van der Waals surface area (Å²) in [5, 5.41) is 3.19. The topological polar surface area (TPSA) is 21.3 Å². The highest BCUT2D eigenvalue weighted by Gasteiger charge is 2.08. The minimum atomic E-state index is 0.543. The van der Waals surface area contributed by atoms with Crippen molar-refractivity contribution in [3.63, 3.8) is 0 Å². The SMILES string of the molecule is CNCC(COC)Cc1ccc(Br)cc1. The summed E-state index contributed by atoms with van der Waals surface area (Å²) in [4.78, 5) is 0. The third kappa shape index (κ3) is 4.78. The molecule has 0 aliphatic heterocycles. The van der Waals surface area contributed by atoms with Crippen LogP contribution < -0.4 is 5.32 Å². The third-order valence-electron chi connectivity index (χ3n) is 2.33. The molecule has 1 N–H and O–H groups in total. The molecule has 0 fully saturated rings. The largest absolute Gasteiger partial charge is 0.384 e. The standard InChI is InChI=1S/C12H18BrNO/c1-14-8-11(9-15-2)7-10-3-5-12(13)6-4-10/h3-6,11,14H,7-9H2,1-2H3. The zero-order valence-electron chi connectivity index (χ0n) is 9.29. The Morgan fingerprint density at radius 3 is 2.53 bits per heavy atom. The molecule has 1 unspecified atom stereocenters. The van der Waals surface area contributed by atoms with Gasteiger partial charge >= 0.3 is 0 Å². The van der Waals surface area contributed by atoms with Crippen LogP contribution in [0, 0.1) is 5.92 Å². The van der Waals surface area contributed by atoms with E-state index < -0.39 is 0 Å². The number of nitrogens with one attached hydrogen (secondary N) is 1. The van der Waals surface area contributed by atoms with Gasteiger partial charge in [0.05, 0.1) is 6.61 Å². The number of hydrogen-bond acceptors (Lipinski definition) is 2. The second-order valence-electron chi connectivity index (χ2n) is 3.71.